The summed E-state index contributed by atoms with van der Waals surface area (Å²) in [5.74, 6) is -2.31. The van der Waals surface area contributed by atoms with E-state index in [-0.39, 0.29) is 35.7 Å². The van der Waals surface area contributed by atoms with Crippen LogP contribution in [0.2, 0.25) is 0 Å². The zero-order chi connectivity index (χ0) is 24.4. The van der Waals surface area contributed by atoms with Gasteiger partial charge in [-0.3, -0.25) is 0 Å². The van der Waals surface area contributed by atoms with Crippen LogP contribution in [-0.4, -0.2) is 31.1 Å². The van der Waals surface area contributed by atoms with E-state index in [0.717, 1.165) is 18.2 Å². The summed E-state index contributed by atoms with van der Waals surface area (Å²) in [5, 5.41) is 0. The number of ether oxygens (including phenoxy) is 3. The molecule has 0 amide bonds. The lowest BCUT2D eigenvalue weighted by Crippen LogP contribution is -2.10. The van der Waals surface area contributed by atoms with Crippen molar-refractivity contribution in [2.45, 2.75) is 19.0 Å². The number of alkyl halides is 3. The molecule has 0 aromatic heterocycles. The fraction of sp³-hybridized carbons (Fsp3) is 0.208. The van der Waals surface area contributed by atoms with Crippen molar-refractivity contribution < 1.29 is 41.8 Å². The van der Waals surface area contributed by atoms with Crippen molar-refractivity contribution in [2.24, 2.45) is 0 Å². The summed E-state index contributed by atoms with van der Waals surface area (Å²) < 4.78 is 55.4. The molecular weight excluding hydrogens is 441 g/mol. The van der Waals surface area contributed by atoms with Gasteiger partial charge >= 0.3 is 24.1 Å². The highest BCUT2D eigenvalue weighted by Crippen LogP contribution is 2.39. The first-order valence-electron chi connectivity index (χ1n) is 9.78. The molecule has 0 atom stereocenters. The van der Waals surface area contributed by atoms with Gasteiger partial charge in [0, 0.05) is 12.2 Å². The molecule has 0 heterocycles. The van der Waals surface area contributed by atoms with E-state index in [0.29, 0.717) is 12.8 Å². The molecule has 174 valence electrons. The molecule has 0 aliphatic carbocycles. The van der Waals surface area contributed by atoms with Gasteiger partial charge in [-0.2, -0.15) is 13.2 Å². The normalized spacial score (nSPS) is 10.8. The Hall–Kier alpha value is -3.88. The number of hydrogen-bond donors (Lipinski definition) is 0. The predicted octanol–water partition coefficient (Wildman–Crippen LogP) is 5.13. The highest BCUT2D eigenvalue weighted by atomic mass is 19.4. The second-order valence-corrected chi connectivity index (χ2v) is 6.62. The van der Waals surface area contributed by atoms with Gasteiger partial charge < -0.3 is 14.2 Å². The van der Waals surface area contributed by atoms with E-state index in [2.05, 4.69) is 13.2 Å². The minimum Gasteiger partial charge on any atom is -0.463 e. The molecule has 0 saturated carbocycles. The zero-order valence-corrected chi connectivity index (χ0v) is 17.5. The summed E-state index contributed by atoms with van der Waals surface area (Å²) in [7, 11) is 0. The summed E-state index contributed by atoms with van der Waals surface area (Å²) in [4.78, 5) is 34.3. The van der Waals surface area contributed by atoms with Crippen LogP contribution < -0.4 is 4.74 Å². The van der Waals surface area contributed by atoms with Crippen molar-refractivity contribution in [2.75, 3.05) is 13.2 Å². The maximum Gasteiger partial charge on any atom is 0.417 e. The lowest BCUT2D eigenvalue weighted by Gasteiger charge is -2.15. The molecule has 2 aromatic rings. The SMILES string of the molecule is C=CC(=O)OCCCCOC(=O)c1ccc(-c2ccc(OC(=O)C=C)cc2C(F)(F)F)cc1. The maximum atomic E-state index is 13.6. The molecule has 0 aliphatic rings. The standard InChI is InChI=1S/C24H21F3O6/c1-3-21(28)31-13-5-6-14-32-23(30)17-9-7-16(8-10-17)19-12-11-18(33-22(29)4-2)15-20(19)24(25,26)27/h3-4,7-12,15H,1-2,5-6,13-14H2. The van der Waals surface area contributed by atoms with Crippen LogP contribution in [0.1, 0.15) is 28.8 Å². The van der Waals surface area contributed by atoms with E-state index >= 15 is 0 Å². The van der Waals surface area contributed by atoms with Crippen LogP contribution in [0.5, 0.6) is 5.75 Å². The Bertz CT molecular complexity index is 1030. The van der Waals surface area contributed by atoms with Gasteiger partial charge in [-0.1, -0.05) is 31.4 Å². The largest absolute Gasteiger partial charge is 0.463 e. The van der Waals surface area contributed by atoms with E-state index < -0.39 is 29.6 Å². The van der Waals surface area contributed by atoms with E-state index in [1.807, 2.05) is 0 Å². The number of benzene rings is 2. The first kappa shape index (κ1) is 25.4. The van der Waals surface area contributed by atoms with Crippen molar-refractivity contribution >= 4 is 17.9 Å². The highest BCUT2D eigenvalue weighted by Gasteiger charge is 2.34. The van der Waals surface area contributed by atoms with E-state index in [9.17, 15) is 27.6 Å². The molecule has 0 radical (unpaired) electrons. The minimum absolute atomic E-state index is 0.0926. The van der Waals surface area contributed by atoms with E-state index in [4.69, 9.17) is 14.2 Å². The number of hydrogen-bond acceptors (Lipinski definition) is 6. The number of unbranched alkanes of at least 4 members (excludes halogenated alkanes) is 1. The third-order valence-corrected chi connectivity index (χ3v) is 4.30. The third kappa shape index (κ3) is 7.64. The molecule has 33 heavy (non-hydrogen) atoms. The Kier molecular flexibility index (Phi) is 8.97. The topological polar surface area (TPSA) is 78.9 Å². The van der Waals surface area contributed by atoms with Crippen molar-refractivity contribution in [3.63, 3.8) is 0 Å². The minimum atomic E-state index is -4.70. The molecule has 0 spiro atoms. The van der Waals surface area contributed by atoms with Gasteiger partial charge in [-0.05, 0) is 48.2 Å². The average Bonchev–Trinajstić information content (AvgIpc) is 2.80. The number of halogens is 3. The molecule has 0 aliphatic heterocycles. The van der Waals surface area contributed by atoms with Crippen LogP contribution >= 0.6 is 0 Å². The Morgan fingerprint density at radius 3 is 2.03 bits per heavy atom. The summed E-state index contributed by atoms with van der Waals surface area (Å²) in [6.07, 6.45) is -1.86. The molecule has 0 saturated heterocycles. The van der Waals surface area contributed by atoms with Crippen molar-refractivity contribution in [3.8, 4) is 16.9 Å². The van der Waals surface area contributed by atoms with Gasteiger partial charge in [-0.25, -0.2) is 14.4 Å². The van der Waals surface area contributed by atoms with Gasteiger partial charge in [0.15, 0.2) is 0 Å². The van der Waals surface area contributed by atoms with Gasteiger partial charge in [-0.15, -0.1) is 0 Å². The molecule has 0 N–H and O–H groups in total. The average molecular weight is 462 g/mol. The van der Waals surface area contributed by atoms with E-state index in [1.54, 1.807) is 0 Å². The van der Waals surface area contributed by atoms with Crippen LogP contribution in [0.4, 0.5) is 13.2 Å². The first-order chi connectivity index (χ1) is 15.7. The molecule has 6 nitrogen and oxygen atoms in total. The molecule has 0 unspecified atom stereocenters. The van der Waals surface area contributed by atoms with Crippen molar-refractivity contribution in [3.05, 3.63) is 78.9 Å². The monoisotopic (exact) mass is 462 g/mol. The second-order valence-electron chi connectivity index (χ2n) is 6.62. The van der Waals surface area contributed by atoms with Crippen LogP contribution in [-0.2, 0) is 25.2 Å². The van der Waals surface area contributed by atoms with E-state index in [1.165, 1.54) is 36.4 Å². The fourth-order valence-corrected chi connectivity index (χ4v) is 2.70. The molecular formula is C24H21F3O6. The molecule has 0 fully saturated rings. The van der Waals surface area contributed by atoms with Crippen LogP contribution in [0.15, 0.2) is 67.8 Å². The summed E-state index contributed by atoms with van der Waals surface area (Å²) >= 11 is 0. The summed E-state index contributed by atoms with van der Waals surface area (Å²) in [6, 6.07) is 8.59. The zero-order valence-electron chi connectivity index (χ0n) is 17.5. The fourth-order valence-electron chi connectivity index (χ4n) is 2.70. The molecule has 2 aromatic carbocycles. The predicted molar refractivity (Wildman–Crippen MR) is 113 cm³/mol. The Morgan fingerprint density at radius 1 is 0.848 bits per heavy atom. The Balaban J connectivity index is 2.05. The lowest BCUT2D eigenvalue weighted by atomic mass is 9.98. The molecule has 9 heteroatoms. The highest BCUT2D eigenvalue weighted by molar-refractivity contribution is 5.90. The summed E-state index contributed by atoms with van der Waals surface area (Å²) in [5.41, 5.74) is -0.759. The smallest absolute Gasteiger partial charge is 0.417 e. The molecule has 2 rings (SSSR count). The Labute approximate surface area is 188 Å². The van der Waals surface area contributed by atoms with Crippen molar-refractivity contribution in [1.82, 2.24) is 0 Å². The quantitative estimate of drug-likeness (QED) is 0.211. The van der Waals surface area contributed by atoms with Gasteiger partial charge in [0.2, 0.25) is 0 Å². The number of carbonyl (C=O) groups is 3. The van der Waals surface area contributed by atoms with Gasteiger partial charge in [0.1, 0.15) is 5.75 Å². The second kappa shape index (κ2) is 11.7. The molecule has 0 bridgehead atoms. The summed E-state index contributed by atoms with van der Waals surface area (Å²) in [6.45, 7) is 6.74. The number of esters is 3. The van der Waals surface area contributed by atoms with Gasteiger partial charge in [0.25, 0.3) is 0 Å². The number of carbonyl (C=O) groups excluding carboxylic acids is 3. The first-order valence-corrected chi connectivity index (χ1v) is 9.78. The maximum absolute atomic E-state index is 13.6. The third-order valence-electron chi connectivity index (χ3n) is 4.30. The Morgan fingerprint density at radius 2 is 1.45 bits per heavy atom. The van der Waals surface area contributed by atoms with Crippen LogP contribution in [0.3, 0.4) is 0 Å². The van der Waals surface area contributed by atoms with Gasteiger partial charge in [0.05, 0.1) is 24.3 Å². The lowest BCUT2D eigenvalue weighted by molar-refractivity contribution is -0.138. The van der Waals surface area contributed by atoms with Crippen LogP contribution in [0.25, 0.3) is 11.1 Å². The van der Waals surface area contributed by atoms with Crippen molar-refractivity contribution in [1.29, 1.82) is 0 Å². The number of rotatable bonds is 10. The van der Waals surface area contributed by atoms with Crippen LogP contribution in [0, 0.1) is 0 Å².